The highest BCUT2D eigenvalue weighted by Crippen LogP contribution is 2.40. The van der Waals surface area contributed by atoms with Crippen molar-refractivity contribution in [2.75, 3.05) is 0 Å². The van der Waals surface area contributed by atoms with Gasteiger partial charge in [0.25, 0.3) is 0 Å². The number of aryl methyl sites for hydroxylation is 6. The smallest absolute Gasteiger partial charge is 0.0716 e. The van der Waals surface area contributed by atoms with E-state index in [1.807, 2.05) is 0 Å². The molecule has 6 heterocycles. The van der Waals surface area contributed by atoms with Gasteiger partial charge in [0.05, 0.1) is 33.6 Å². The van der Waals surface area contributed by atoms with Crippen molar-refractivity contribution in [3.05, 3.63) is 180 Å². The highest BCUT2D eigenvalue weighted by molar-refractivity contribution is 6.00. The molecule has 0 radical (unpaired) electrons. The summed E-state index contributed by atoms with van der Waals surface area (Å²) in [6.45, 7) is 12.3. The summed E-state index contributed by atoms with van der Waals surface area (Å²) in [7, 11) is 0. The van der Waals surface area contributed by atoms with Gasteiger partial charge in [-0.15, -0.1) is 0 Å². The van der Waals surface area contributed by atoms with Gasteiger partial charge in [0.2, 0.25) is 0 Å². The standard InChI is InChI=1S/C54H42N6/c1-31-19-37(20-32(2)55-31)46-28-52(58-49-16-10-7-13-43(46)49)40-25-41(53-29-47(38-21-33(3)56-34(4)22-38)44-14-8-11-17-50(44)59-53)27-42(26-40)54-30-48(39-23-35(5)57-36(6)24-39)45-15-9-12-18-51(45)60-54/h7-30H,1-6H3. The normalized spacial score (nSPS) is 11.5. The maximum absolute atomic E-state index is 5.34. The minimum absolute atomic E-state index is 0.863. The van der Waals surface area contributed by atoms with Crippen LogP contribution in [0.4, 0.5) is 0 Å². The maximum Gasteiger partial charge on any atom is 0.0716 e. The van der Waals surface area contributed by atoms with Gasteiger partial charge >= 0.3 is 0 Å². The lowest BCUT2D eigenvalue weighted by atomic mass is 9.92. The van der Waals surface area contributed by atoms with Crippen molar-refractivity contribution in [2.45, 2.75) is 41.5 Å². The summed E-state index contributed by atoms with van der Waals surface area (Å²) in [5.74, 6) is 0. The first-order valence-corrected chi connectivity index (χ1v) is 20.3. The van der Waals surface area contributed by atoms with E-state index in [2.05, 4.69) is 187 Å². The molecule has 6 heteroatoms. The third-order valence-electron chi connectivity index (χ3n) is 11.1. The molecule has 0 amide bonds. The number of pyridine rings is 6. The van der Waals surface area contributed by atoms with Crippen molar-refractivity contribution < 1.29 is 0 Å². The van der Waals surface area contributed by atoms with Crippen LogP contribution >= 0.6 is 0 Å². The molecule has 0 aliphatic heterocycles. The van der Waals surface area contributed by atoms with Crippen molar-refractivity contribution in [3.63, 3.8) is 0 Å². The predicted molar refractivity (Wildman–Crippen MR) is 247 cm³/mol. The molecule has 60 heavy (non-hydrogen) atoms. The monoisotopic (exact) mass is 774 g/mol. The Labute approximate surface area is 349 Å². The maximum atomic E-state index is 5.34. The lowest BCUT2D eigenvalue weighted by molar-refractivity contribution is 1.12. The Morgan fingerprint density at radius 2 is 0.500 bits per heavy atom. The van der Waals surface area contributed by atoms with E-state index in [1.54, 1.807) is 0 Å². The van der Waals surface area contributed by atoms with Crippen molar-refractivity contribution in [1.82, 2.24) is 29.9 Å². The summed E-state index contributed by atoms with van der Waals surface area (Å²) in [6.07, 6.45) is 0. The summed E-state index contributed by atoms with van der Waals surface area (Å²) >= 11 is 0. The fraction of sp³-hybridized carbons (Fsp3) is 0.111. The van der Waals surface area contributed by atoms with Crippen molar-refractivity contribution in [3.8, 4) is 67.2 Å². The zero-order chi connectivity index (χ0) is 41.1. The average molecular weight is 775 g/mol. The third kappa shape index (κ3) is 6.96. The molecule has 0 aliphatic rings. The van der Waals surface area contributed by atoms with E-state index < -0.39 is 0 Å². The van der Waals surface area contributed by atoms with Crippen molar-refractivity contribution in [1.29, 1.82) is 0 Å². The molecular formula is C54H42N6. The molecule has 10 rings (SSSR count). The highest BCUT2D eigenvalue weighted by Gasteiger charge is 2.18. The predicted octanol–water partition coefficient (Wildman–Crippen LogP) is 13.4. The van der Waals surface area contributed by atoms with Crippen LogP contribution in [0.1, 0.15) is 34.2 Å². The topological polar surface area (TPSA) is 77.3 Å². The molecule has 0 unspecified atom stereocenters. The van der Waals surface area contributed by atoms with E-state index in [0.29, 0.717) is 0 Å². The van der Waals surface area contributed by atoms with Gasteiger partial charge in [-0.05, 0) is 166 Å². The number of para-hydroxylation sites is 3. The molecule has 288 valence electrons. The SMILES string of the molecule is Cc1cc(-c2cc(-c3cc(-c4cc(-c5cc(C)nc(C)c5)c5ccccc5n4)cc(-c4cc(-c5cc(C)nc(C)c5)c5ccccc5n4)c3)nc3ccccc23)cc(C)n1. The second-order valence-electron chi connectivity index (χ2n) is 15.9. The molecule has 4 aromatic carbocycles. The van der Waals surface area contributed by atoms with E-state index in [0.717, 1.165) is 134 Å². The molecule has 6 aromatic heterocycles. The number of aromatic nitrogens is 6. The van der Waals surface area contributed by atoms with Gasteiger partial charge < -0.3 is 0 Å². The van der Waals surface area contributed by atoms with Gasteiger partial charge in [-0.1, -0.05) is 54.6 Å². The molecule has 10 aromatic rings. The first-order chi connectivity index (χ1) is 29.1. The number of fused-ring (bicyclic) bond motifs is 3. The minimum Gasteiger partial charge on any atom is -0.258 e. The Hall–Kier alpha value is -7.44. The molecule has 0 atom stereocenters. The molecule has 0 saturated carbocycles. The van der Waals surface area contributed by atoms with Crippen LogP contribution in [-0.4, -0.2) is 29.9 Å². The molecule has 0 bridgehead atoms. The zero-order valence-electron chi connectivity index (χ0n) is 34.5. The quantitative estimate of drug-likeness (QED) is 0.167. The van der Waals surface area contributed by atoms with Crippen LogP contribution in [0.3, 0.4) is 0 Å². The molecule has 0 N–H and O–H groups in total. The summed E-state index contributed by atoms with van der Waals surface area (Å²) in [5, 5.41) is 3.28. The van der Waals surface area contributed by atoms with Gasteiger partial charge in [0.1, 0.15) is 0 Å². The number of rotatable bonds is 6. The first kappa shape index (κ1) is 36.9. The summed E-state index contributed by atoms with van der Waals surface area (Å²) in [6, 6.07) is 51.5. The number of hydrogen-bond donors (Lipinski definition) is 0. The van der Waals surface area contributed by atoms with Crippen LogP contribution in [0.2, 0.25) is 0 Å². The van der Waals surface area contributed by atoms with E-state index in [9.17, 15) is 0 Å². The van der Waals surface area contributed by atoms with Crippen LogP contribution in [0.25, 0.3) is 99.9 Å². The minimum atomic E-state index is 0.863. The first-order valence-electron chi connectivity index (χ1n) is 20.3. The summed E-state index contributed by atoms with van der Waals surface area (Å²) < 4.78 is 0. The lowest BCUT2D eigenvalue weighted by Crippen LogP contribution is -1.96. The number of benzene rings is 4. The van der Waals surface area contributed by atoms with Crippen LogP contribution in [0.15, 0.2) is 146 Å². The largest absolute Gasteiger partial charge is 0.258 e. The van der Waals surface area contributed by atoms with Crippen LogP contribution in [-0.2, 0) is 0 Å². The second kappa shape index (κ2) is 14.7. The van der Waals surface area contributed by atoms with Crippen molar-refractivity contribution in [2.24, 2.45) is 0 Å². The number of hydrogen-bond acceptors (Lipinski definition) is 6. The second-order valence-corrected chi connectivity index (χ2v) is 15.9. The van der Waals surface area contributed by atoms with Gasteiger partial charge in [0, 0.05) is 67.0 Å². The lowest BCUT2D eigenvalue weighted by Gasteiger charge is -2.16. The summed E-state index contributed by atoms with van der Waals surface area (Å²) in [4.78, 5) is 30.1. The molecule has 6 nitrogen and oxygen atoms in total. The zero-order valence-corrected chi connectivity index (χ0v) is 34.5. The van der Waals surface area contributed by atoms with Crippen LogP contribution < -0.4 is 0 Å². The molecule has 0 saturated heterocycles. The summed E-state index contributed by atoms with van der Waals surface area (Å²) in [5.41, 5.74) is 20.8. The van der Waals surface area contributed by atoms with Crippen LogP contribution in [0, 0.1) is 41.5 Å². The fourth-order valence-corrected chi connectivity index (χ4v) is 8.73. The fourth-order valence-electron chi connectivity index (χ4n) is 8.73. The van der Waals surface area contributed by atoms with E-state index in [-0.39, 0.29) is 0 Å². The Morgan fingerprint density at radius 3 is 0.767 bits per heavy atom. The van der Waals surface area contributed by atoms with E-state index in [1.165, 1.54) is 0 Å². The molecular weight excluding hydrogens is 733 g/mol. The van der Waals surface area contributed by atoms with Gasteiger partial charge in [-0.2, -0.15) is 0 Å². The van der Waals surface area contributed by atoms with E-state index in [4.69, 9.17) is 29.9 Å². The molecule has 0 spiro atoms. The Morgan fingerprint density at radius 1 is 0.250 bits per heavy atom. The molecule has 0 fully saturated rings. The average Bonchev–Trinajstić information content (AvgIpc) is 3.24. The molecule has 0 aliphatic carbocycles. The number of nitrogens with zero attached hydrogens (tertiary/aromatic N) is 6. The third-order valence-corrected chi connectivity index (χ3v) is 11.1. The van der Waals surface area contributed by atoms with E-state index >= 15 is 0 Å². The van der Waals surface area contributed by atoms with Gasteiger partial charge in [-0.25, -0.2) is 15.0 Å². The Balaban J connectivity index is 1.26. The van der Waals surface area contributed by atoms with Gasteiger partial charge in [0.15, 0.2) is 0 Å². The highest BCUT2D eigenvalue weighted by atomic mass is 14.7. The Kier molecular flexibility index (Phi) is 9.06. The van der Waals surface area contributed by atoms with Crippen molar-refractivity contribution >= 4 is 32.7 Å². The van der Waals surface area contributed by atoms with Gasteiger partial charge in [-0.3, -0.25) is 15.0 Å². The van der Waals surface area contributed by atoms with Crippen LogP contribution in [0.5, 0.6) is 0 Å². The Bertz CT molecular complexity index is 2920.